The van der Waals surface area contributed by atoms with Crippen LogP contribution >= 0.6 is 0 Å². The summed E-state index contributed by atoms with van der Waals surface area (Å²) < 4.78 is 1.87. The number of terminal acetylenes is 1. The highest BCUT2D eigenvalue weighted by Gasteiger charge is 2.42. The Bertz CT molecular complexity index is 1580. The van der Waals surface area contributed by atoms with Gasteiger partial charge in [-0.3, -0.25) is 9.88 Å². The molecule has 1 aromatic carbocycles. The molecule has 6 rings (SSSR count). The maximum Gasteiger partial charge on any atom is 0.356 e. The lowest BCUT2D eigenvalue weighted by molar-refractivity contribution is -0.0444. The molecule has 5 atom stereocenters. The van der Waals surface area contributed by atoms with E-state index in [0.29, 0.717) is 28.3 Å². The molecule has 0 radical (unpaired) electrons. The van der Waals surface area contributed by atoms with Crippen molar-refractivity contribution in [3.63, 3.8) is 0 Å². The van der Waals surface area contributed by atoms with Gasteiger partial charge in [-0.1, -0.05) is 18.1 Å². The Morgan fingerprint density at radius 3 is 2.84 bits per heavy atom. The quantitative estimate of drug-likeness (QED) is 0.273. The highest BCUT2D eigenvalue weighted by molar-refractivity contribution is 5.93. The maximum atomic E-state index is 13.5. The van der Waals surface area contributed by atoms with Crippen LogP contribution in [0.5, 0.6) is 5.75 Å². The van der Waals surface area contributed by atoms with E-state index >= 15 is 0 Å². The molecule has 3 N–H and O–H groups in total. The van der Waals surface area contributed by atoms with Gasteiger partial charge in [-0.25, -0.2) is 19.3 Å². The predicted molar refractivity (Wildman–Crippen MR) is 142 cm³/mol. The highest BCUT2D eigenvalue weighted by Crippen LogP contribution is 2.43. The van der Waals surface area contributed by atoms with Crippen molar-refractivity contribution in [2.75, 3.05) is 13.1 Å². The first-order chi connectivity index (χ1) is 17.9. The molecule has 2 bridgehead atoms. The monoisotopic (exact) mass is 499 g/mol. The van der Waals surface area contributed by atoms with Crippen LogP contribution in [-0.2, 0) is 0 Å². The Morgan fingerprint density at radius 2 is 2.16 bits per heavy atom. The van der Waals surface area contributed by atoms with Gasteiger partial charge in [-0.05, 0) is 68.0 Å². The van der Waals surface area contributed by atoms with Gasteiger partial charge in [0.15, 0.2) is 0 Å². The Kier molecular flexibility index (Phi) is 6.46. The van der Waals surface area contributed by atoms with Crippen LogP contribution in [0.1, 0.15) is 31.4 Å². The second-order valence-corrected chi connectivity index (χ2v) is 9.52. The van der Waals surface area contributed by atoms with E-state index in [1.807, 2.05) is 6.08 Å². The molecule has 0 aliphatic carbocycles. The topological polar surface area (TPSA) is 116 Å². The average molecular weight is 500 g/mol. The summed E-state index contributed by atoms with van der Waals surface area (Å²) in [5.74, 6) is 2.95. The third kappa shape index (κ3) is 4.04. The number of fused-ring (bicyclic) bond motifs is 4. The lowest BCUT2D eigenvalue weighted by atomic mass is 9.73. The zero-order chi connectivity index (χ0) is 26.3. The third-order valence-corrected chi connectivity index (χ3v) is 7.57. The molecule has 9 nitrogen and oxygen atoms in total. The van der Waals surface area contributed by atoms with Gasteiger partial charge < -0.3 is 10.2 Å². The summed E-state index contributed by atoms with van der Waals surface area (Å²) in [5, 5.41) is 25.5. The van der Waals surface area contributed by atoms with Gasteiger partial charge in [0.25, 0.3) is 0 Å². The number of benzene rings is 1. The number of rotatable bonds is 6. The van der Waals surface area contributed by atoms with Crippen LogP contribution in [0, 0.1) is 24.2 Å². The van der Waals surface area contributed by atoms with E-state index in [1.54, 1.807) is 37.4 Å². The minimum Gasteiger partial charge on any atom is -0.506 e. The number of nitrogens with one attached hydrogen (secondary N) is 1. The first-order valence-electron chi connectivity index (χ1n) is 12.3. The number of pyridine rings is 1. The summed E-state index contributed by atoms with van der Waals surface area (Å²) in [6.45, 7) is 7.44. The van der Waals surface area contributed by atoms with Crippen molar-refractivity contribution in [2.24, 2.45) is 11.8 Å². The summed E-state index contributed by atoms with van der Waals surface area (Å²) in [6.07, 6.45) is 14.5. The normalized spacial score (nSPS) is 24.4. The SMILES string of the molecule is C#CC=C(C=CC)n1c(=O)[nH]n(-c2c(O)ccc3nccc(C(O)C4CC5CCN4CC5C=C)c23)c1=O. The van der Waals surface area contributed by atoms with Crippen molar-refractivity contribution in [1.29, 1.82) is 0 Å². The minimum absolute atomic E-state index is 0.0426. The first-order valence-corrected chi connectivity index (χ1v) is 12.3. The minimum atomic E-state index is -0.899. The van der Waals surface area contributed by atoms with Gasteiger partial charge in [0, 0.05) is 30.2 Å². The average Bonchev–Trinajstić information content (AvgIpc) is 3.20. The molecule has 190 valence electrons. The molecule has 3 saturated heterocycles. The lowest BCUT2D eigenvalue weighted by Gasteiger charge is -2.50. The molecule has 37 heavy (non-hydrogen) atoms. The molecule has 0 amide bonds. The molecule has 0 spiro atoms. The van der Waals surface area contributed by atoms with Crippen molar-refractivity contribution in [3.05, 3.63) is 81.8 Å². The number of H-pyrrole nitrogens is 1. The summed E-state index contributed by atoms with van der Waals surface area (Å²) in [5.41, 5.74) is -0.226. The number of nitrogens with zero attached hydrogens (tertiary/aromatic N) is 4. The number of aromatic nitrogens is 4. The van der Waals surface area contributed by atoms with E-state index in [0.717, 1.165) is 35.2 Å². The molecular formula is C28H29N5O4. The van der Waals surface area contributed by atoms with Crippen LogP contribution in [0.4, 0.5) is 0 Å². The van der Waals surface area contributed by atoms with E-state index in [4.69, 9.17) is 6.42 Å². The molecular weight excluding hydrogens is 470 g/mol. The zero-order valence-corrected chi connectivity index (χ0v) is 20.5. The van der Waals surface area contributed by atoms with Gasteiger partial charge in [-0.15, -0.1) is 13.0 Å². The van der Waals surface area contributed by atoms with Gasteiger partial charge in [-0.2, -0.15) is 4.68 Å². The number of aromatic amines is 1. The van der Waals surface area contributed by atoms with Gasteiger partial charge in [0.05, 0.1) is 17.3 Å². The van der Waals surface area contributed by atoms with Gasteiger partial charge >= 0.3 is 11.4 Å². The molecule has 3 aliphatic rings. The van der Waals surface area contributed by atoms with Crippen LogP contribution in [0.15, 0.2) is 64.9 Å². The summed E-state index contributed by atoms with van der Waals surface area (Å²) in [7, 11) is 0. The Balaban J connectivity index is 1.69. The smallest absolute Gasteiger partial charge is 0.356 e. The van der Waals surface area contributed by atoms with Crippen LogP contribution in [0.25, 0.3) is 22.3 Å². The van der Waals surface area contributed by atoms with E-state index in [9.17, 15) is 19.8 Å². The number of aliphatic hydroxyl groups excluding tert-OH is 1. The summed E-state index contributed by atoms with van der Waals surface area (Å²) in [4.78, 5) is 33.0. The van der Waals surface area contributed by atoms with Crippen molar-refractivity contribution in [1.82, 2.24) is 24.2 Å². The summed E-state index contributed by atoms with van der Waals surface area (Å²) in [6, 6.07) is 4.60. The van der Waals surface area contributed by atoms with Crippen molar-refractivity contribution < 1.29 is 10.2 Å². The van der Waals surface area contributed by atoms with Crippen molar-refractivity contribution >= 4 is 16.6 Å². The van der Waals surface area contributed by atoms with E-state index in [2.05, 4.69) is 27.5 Å². The van der Waals surface area contributed by atoms with Crippen LogP contribution in [0.2, 0.25) is 0 Å². The Hall–Kier alpha value is -4.13. The van der Waals surface area contributed by atoms with Crippen LogP contribution < -0.4 is 11.4 Å². The van der Waals surface area contributed by atoms with Crippen LogP contribution in [0.3, 0.4) is 0 Å². The number of allylic oxidation sites excluding steroid dienone is 4. The summed E-state index contributed by atoms with van der Waals surface area (Å²) >= 11 is 0. The first kappa shape index (κ1) is 24.6. The molecule has 3 fully saturated rings. The standard InChI is InChI=1S/C28H29N5O4/c1-4-7-19(8-5-2)32-27(36)30-33(28(32)37)25-23(34)10-9-21-24(25)20(11-13-29-21)26(35)22-15-18-12-14-31(22)16-17(18)6-3/h1,5-11,13,17-18,22,26,34-35H,3,12,14-16H2,2H3,(H,30,36). The number of phenols is 1. The Labute approximate surface area is 213 Å². The predicted octanol–water partition coefficient (Wildman–Crippen LogP) is 2.56. The highest BCUT2D eigenvalue weighted by atomic mass is 16.3. The van der Waals surface area contributed by atoms with E-state index < -0.39 is 17.5 Å². The molecule has 5 unspecified atom stereocenters. The molecule has 5 heterocycles. The second kappa shape index (κ2) is 9.73. The van der Waals surface area contributed by atoms with E-state index in [-0.39, 0.29) is 23.2 Å². The fraction of sp³-hybridized carbons (Fsp3) is 0.321. The van der Waals surface area contributed by atoms with Gasteiger partial charge in [0.2, 0.25) is 0 Å². The largest absolute Gasteiger partial charge is 0.506 e. The number of hydrogen-bond donors (Lipinski definition) is 3. The molecule has 0 saturated carbocycles. The number of phenolic OH excluding ortho intramolecular Hbond substituents is 1. The maximum absolute atomic E-state index is 13.5. The number of aliphatic hydroxyl groups is 1. The number of aromatic hydroxyl groups is 1. The lowest BCUT2D eigenvalue weighted by Crippen LogP contribution is -2.54. The number of hydrogen-bond acceptors (Lipinski definition) is 6. The fourth-order valence-corrected chi connectivity index (χ4v) is 5.83. The molecule has 3 aliphatic heterocycles. The molecule has 9 heteroatoms. The van der Waals surface area contributed by atoms with Gasteiger partial charge in [0.1, 0.15) is 11.4 Å². The fourth-order valence-electron chi connectivity index (χ4n) is 5.83. The molecule has 2 aromatic heterocycles. The molecule has 3 aromatic rings. The van der Waals surface area contributed by atoms with E-state index in [1.165, 1.54) is 12.1 Å². The zero-order valence-electron chi connectivity index (χ0n) is 20.5. The van der Waals surface area contributed by atoms with Crippen LogP contribution in [-0.4, -0.2) is 53.6 Å². The second-order valence-electron chi connectivity index (χ2n) is 9.52. The Morgan fingerprint density at radius 1 is 1.35 bits per heavy atom. The van der Waals surface area contributed by atoms with Crippen molar-refractivity contribution in [2.45, 2.75) is 31.9 Å². The number of piperidine rings is 3. The third-order valence-electron chi connectivity index (χ3n) is 7.57. The van der Waals surface area contributed by atoms with Crippen molar-refractivity contribution in [3.8, 4) is 23.8 Å².